The molecule has 1 aliphatic heterocycles. The second kappa shape index (κ2) is 6.29. The molecule has 3 rings (SSSR count). The van der Waals surface area contributed by atoms with E-state index in [4.69, 9.17) is 4.74 Å². The molecule has 1 saturated heterocycles. The summed E-state index contributed by atoms with van der Waals surface area (Å²) in [5.41, 5.74) is -1.65. The Morgan fingerprint density at radius 3 is 2.73 bits per heavy atom. The van der Waals surface area contributed by atoms with Crippen LogP contribution in [0, 0.1) is 0 Å². The molecule has 1 fully saturated rings. The number of hydrogen-bond acceptors (Lipinski definition) is 6. The van der Waals surface area contributed by atoms with Crippen molar-refractivity contribution in [3.63, 3.8) is 0 Å². The summed E-state index contributed by atoms with van der Waals surface area (Å²) in [6, 6.07) is 0.697. The van der Waals surface area contributed by atoms with E-state index in [1.807, 2.05) is 0 Å². The van der Waals surface area contributed by atoms with E-state index in [9.17, 15) is 18.0 Å². The molecule has 1 unspecified atom stereocenters. The third-order valence-electron chi connectivity index (χ3n) is 3.76. The number of alkyl halides is 3. The van der Waals surface area contributed by atoms with Gasteiger partial charge in [0.25, 0.3) is 5.78 Å². The number of hydrogen-bond donors (Lipinski definition) is 1. The van der Waals surface area contributed by atoms with Gasteiger partial charge in [-0.2, -0.15) is 27.8 Å². The van der Waals surface area contributed by atoms with Gasteiger partial charge in [-0.3, -0.25) is 0 Å². The number of ether oxygens (including phenoxy) is 1. The highest BCUT2D eigenvalue weighted by atomic mass is 19.4. The van der Waals surface area contributed by atoms with Gasteiger partial charge in [-0.25, -0.2) is 9.78 Å². The van der Waals surface area contributed by atoms with Gasteiger partial charge in [-0.05, 0) is 27.2 Å². The van der Waals surface area contributed by atoms with E-state index in [2.05, 4.69) is 20.4 Å². The molecule has 142 valence electrons. The van der Waals surface area contributed by atoms with Crippen LogP contribution in [0.3, 0.4) is 0 Å². The van der Waals surface area contributed by atoms with Crippen LogP contribution < -0.4 is 10.2 Å². The molecule has 2 aromatic heterocycles. The average molecular weight is 372 g/mol. The van der Waals surface area contributed by atoms with Crippen LogP contribution in [0.4, 0.5) is 23.8 Å². The van der Waals surface area contributed by atoms with Crippen molar-refractivity contribution in [3.8, 4) is 0 Å². The molecule has 26 heavy (non-hydrogen) atoms. The third kappa shape index (κ3) is 3.97. The Labute approximate surface area is 147 Å². The number of carbonyl (C=O) groups excluding carboxylic acids is 1. The van der Waals surface area contributed by atoms with Crippen molar-refractivity contribution < 1.29 is 22.7 Å². The van der Waals surface area contributed by atoms with Crippen LogP contribution in [0.5, 0.6) is 0 Å². The first-order chi connectivity index (χ1) is 12.0. The van der Waals surface area contributed by atoms with Crippen LogP contribution in [-0.4, -0.2) is 50.4 Å². The Balaban J connectivity index is 1.78. The highest BCUT2D eigenvalue weighted by molar-refractivity contribution is 5.68. The number of nitrogens with zero attached hydrogens (tertiary/aromatic N) is 5. The van der Waals surface area contributed by atoms with Gasteiger partial charge < -0.3 is 15.0 Å². The minimum absolute atomic E-state index is 0.127. The lowest BCUT2D eigenvalue weighted by Gasteiger charge is -2.23. The van der Waals surface area contributed by atoms with Crippen LogP contribution in [-0.2, 0) is 10.9 Å². The van der Waals surface area contributed by atoms with Gasteiger partial charge in [0.15, 0.2) is 5.69 Å². The van der Waals surface area contributed by atoms with Crippen molar-refractivity contribution >= 4 is 17.7 Å². The van der Waals surface area contributed by atoms with Gasteiger partial charge in [0, 0.05) is 19.2 Å². The molecule has 3 heterocycles. The summed E-state index contributed by atoms with van der Waals surface area (Å²) in [6.07, 6.45) is -3.42. The highest BCUT2D eigenvalue weighted by Crippen LogP contribution is 2.31. The monoisotopic (exact) mass is 372 g/mol. The van der Waals surface area contributed by atoms with Crippen molar-refractivity contribution in [2.75, 3.05) is 18.0 Å². The van der Waals surface area contributed by atoms with Crippen LogP contribution >= 0.6 is 0 Å². The number of nitrogens with one attached hydrogen (secondary N) is 1. The van der Waals surface area contributed by atoms with E-state index >= 15 is 0 Å². The first-order valence-electron chi connectivity index (χ1n) is 8.05. The minimum atomic E-state index is -4.59. The SMILES string of the molecule is CC(C)(C)OC(=O)NC1CCN(c2cc(C(F)(F)F)nc3ncnn23)C1. The van der Waals surface area contributed by atoms with E-state index in [1.165, 1.54) is 4.52 Å². The molecule has 1 N–H and O–H groups in total. The number of carbonyl (C=O) groups is 1. The maximum Gasteiger partial charge on any atom is 0.433 e. The van der Waals surface area contributed by atoms with Crippen LogP contribution in [0.25, 0.3) is 5.78 Å². The van der Waals surface area contributed by atoms with Crippen LogP contribution in [0.1, 0.15) is 32.9 Å². The van der Waals surface area contributed by atoms with E-state index in [0.29, 0.717) is 19.5 Å². The zero-order chi connectivity index (χ0) is 19.1. The molecule has 0 bridgehead atoms. The first kappa shape index (κ1) is 18.2. The summed E-state index contributed by atoms with van der Waals surface area (Å²) < 4.78 is 45.7. The van der Waals surface area contributed by atoms with Gasteiger partial charge in [0.2, 0.25) is 0 Å². The quantitative estimate of drug-likeness (QED) is 0.870. The van der Waals surface area contributed by atoms with Crippen LogP contribution in [0.15, 0.2) is 12.4 Å². The zero-order valence-electron chi connectivity index (χ0n) is 14.5. The van der Waals surface area contributed by atoms with Gasteiger partial charge in [0.1, 0.15) is 17.7 Å². The summed E-state index contributed by atoms with van der Waals surface area (Å²) in [4.78, 5) is 20.8. The van der Waals surface area contributed by atoms with Gasteiger partial charge >= 0.3 is 12.3 Å². The topological polar surface area (TPSA) is 84.6 Å². The lowest BCUT2D eigenvalue weighted by Crippen LogP contribution is -2.40. The largest absolute Gasteiger partial charge is 0.444 e. The highest BCUT2D eigenvalue weighted by Gasteiger charge is 2.35. The molecule has 1 aliphatic rings. The Kier molecular flexibility index (Phi) is 4.41. The first-order valence-corrected chi connectivity index (χ1v) is 8.05. The number of alkyl carbamates (subject to hydrolysis) is 1. The molecule has 0 radical (unpaired) electrons. The van der Waals surface area contributed by atoms with Crippen molar-refractivity contribution in [1.29, 1.82) is 0 Å². The van der Waals surface area contributed by atoms with E-state index < -0.39 is 23.6 Å². The molecular formula is C15H19F3N6O2. The smallest absolute Gasteiger partial charge is 0.433 e. The summed E-state index contributed by atoms with van der Waals surface area (Å²) in [5.74, 6) is 0.103. The number of halogens is 3. The van der Waals surface area contributed by atoms with Crippen LogP contribution in [0.2, 0.25) is 0 Å². The predicted molar refractivity (Wildman–Crippen MR) is 85.8 cm³/mol. The second-order valence-corrected chi connectivity index (χ2v) is 7.05. The van der Waals surface area contributed by atoms with E-state index in [1.54, 1.807) is 25.7 Å². The van der Waals surface area contributed by atoms with Crippen molar-refractivity contribution in [2.45, 2.75) is 45.0 Å². The zero-order valence-corrected chi connectivity index (χ0v) is 14.5. The Morgan fingerprint density at radius 1 is 1.35 bits per heavy atom. The molecule has 0 spiro atoms. The number of anilines is 1. The lowest BCUT2D eigenvalue weighted by atomic mass is 10.2. The second-order valence-electron chi connectivity index (χ2n) is 7.05. The summed E-state index contributed by atoms with van der Waals surface area (Å²) >= 11 is 0. The fourth-order valence-corrected chi connectivity index (χ4v) is 2.73. The standard InChI is InChI=1S/C15H19F3N6O2/c1-14(2,3)26-13(25)21-9-4-5-23(7-9)11-6-10(15(16,17)18)22-12-19-8-20-24(11)12/h6,8-9H,4-5,7H2,1-3H3,(H,21,25). The summed E-state index contributed by atoms with van der Waals surface area (Å²) in [7, 11) is 0. The van der Waals surface area contributed by atoms with Crippen molar-refractivity contribution in [3.05, 3.63) is 18.1 Å². The fourth-order valence-electron chi connectivity index (χ4n) is 2.73. The Hall–Kier alpha value is -2.59. The predicted octanol–water partition coefficient (Wildman–Crippen LogP) is 2.25. The number of aromatic nitrogens is 4. The van der Waals surface area contributed by atoms with Gasteiger partial charge in [-0.1, -0.05) is 0 Å². The molecule has 0 aliphatic carbocycles. The van der Waals surface area contributed by atoms with E-state index in [-0.39, 0.29) is 17.6 Å². The molecule has 1 atom stereocenters. The summed E-state index contributed by atoms with van der Waals surface area (Å²) in [6.45, 7) is 6.05. The van der Waals surface area contributed by atoms with Crippen molar-refractivity contribution in [2.24, 2.45) is 0 Å². The van der Waals surface area contributed by atoms with Gasteiger partial charge in [-0.15, -0.1) is 0 Å². The average Bonchev–Trinajstić information content (AvgIpc) is 3.11. The summed E-state index contributed by atoms with van der Waals surface area (Å²) in [5, 5.41) is 6.68. The third-order valence-corrected chi connectivity index (χ3v) is 3.76. The molecule has 0 aromatic carbocycles. The number of amides is 1. The van der Waals surface area contributed by atoms with Crippen molar-refractivity contribution in [1.82, 2.24) is 24.9 Å². The van der Waals surface area contributed by atoms with Gasteiger partial charge in [0.05, 0.1) is 6.04 Å². The molecule has 0 saturated carbocycles. The number of rotatable bonds is 2. The Bertz CT molecular complexity index is 814. The van der Waals surface area contributed by atoms with E-state index in [0.717, 1.165) is 12.4 Å². The molecule has 1 amide bonds. The minimum Gasteiger partial charge on any atom is -0.444 e. The molecular weight excluding hydrogens is 353 g/mol. The molecule has 11 heteroatoms. The maximum absolute atomic E-state index is 13.1. The maximum atomic E-state index is 13.1. The molecule has 2 aromatic rings. The number of fused-ring (bicyclic) bond motifs is 1. The normalized spacial score (nSPS) is 18.4. The lowest BCUT2D eigenvalue weighted by molar-refractivity contribution is -0.141. The Morgan fingerprint density at radius 2 is 2.08 bits per heavy atom. The molecule has 8 nitrogen and oxygen atoms in total. The fraction of sp³-hybridized carbons (Fsp3) is 0.600.